The number of ether oxygens (including phenoxy) is 2. The third-order valence-corrected chi connectivity index (χ3v) is 5.82. The zero-order valence-electron chi connectivity index (χ0n) is 16.4. The van der Waals surface area contributed by atoms with Gasteiger partial charge in [-0.3, -0.25) is 9.59 Å². The predicted molar refractivity (Wildman–Crippen MR) is 117 cm³/mol. The molecule has 1 aliphatic carbocycles. The number of hydrogen-bond acceptors (Lipinski definition) is 4. The molecule has 0 atom stereocenters. The van der Waals surface area contributed by atoms with E-state index >= 15 is 0 Å². The van der Waals surface area contributed by atoms with Crippen molar-refractivity contribution >= 4 is 11.6 Å². The van der Waals surface area contributed by atoms with Crippen LogP contribution in [0.1, 0.15) is 31.8 Å². The van der Waals surface area contributed by atoms with Crippen LogP contribution in [-0.4, -0.2) is 18.4 Å². The van der Waals surface area contributed by atoms with E-state index in [2.05, 4.69) is 0 Å². The molecule has 4 aromatic carbocycles. The minimum atomic E-state index is -0.181. The van der Waals surface area contributed by atoms with E-state index in [9.17, 15) is 9.59 Å². The van der Waals surface area contributed by atoms with Gasteiger partial charge >= 0.3 is 0 Å². The molecule has 0 N–H and O–H groups in total. The van der Waals surface area contributed by atoms with E-state index in [0.29, 0.717) is 33.8 Å². The first-order valence-corrected chi connectivity index (χ1v) is 10.0. The summed E-state index contributed by atoms with van der Waals surface area (Å²) in [5, 5.41) is 0. The molecule has 0 unspecified atom stereocenters. The van der Waals surface area contributed by atoms with Crippen LogP contribution in [0.4, 0.5) is 0 Å². The van der Waals surface area contributed by atoms with Gasteiger partial charge in [0, 0.05) is 22.3 Å². The smallest absolute Gasteiger partial charge is 0.231 e. The Morgan fingerprint density at radius 2 is 0.871 bits per heavy atom. The third-order valence-electron chi connectivity index (χ3n) is 5.82. The van der Waals surface area contributed by atoms with Crippen LogP contribution < -0.4 is 9.47 Å². The van der Waals surface area contributed by atoms with Gasteiger partial charge in [0.15, 0.2) is 23.1 Å². The monoisotopic (exact) mass is 404 g/mol. The van der Waals surface area contributed by atoms with Gasteiger partial charge in [0.05, 0.1) is 0 Å². The Bertz CT molecular complexity index is 1270. The van der Waals surface area contributed by atoms with Gasteiger partial charge in [0.1, 0.15) is 0 Å². The van der Waals surface area contributed by atoms with Crippen molar-refractivity contribution in [1.82, 2.24) is 0 Å². The summed E-state index contributed by atoms with van der Waals surface area (Å²) in [6.45, 7) is 0.0872. The van der Waals surface area contributed by atoms with E-state index < -0.39 is 0 Å². The van der Waals surface area contributed by atoms with Crippen molar-refractivity contribution in [1.29, 1.82) is 0 Å². The average Bonchev–Trinajstić information content (AvgIpc) is 3.29. The predicted octanol–water partition coefficient (Wildman–Crippen LogP) is 5.52. The normalized spacial score (nSPS) is 13.7. The lowest BCUT2D eigenvalue weighted by atomic mass is 9.80. The first-order valence-electron chi connectivity index (χ1n) is 10.0. The summed E-state index contributed by atoms with van der Waals surface area (Å²) >= 11 is 0. The van der Waals surface area contributed by atoms with E-state index in [1.165, 1.54) is 0 Å². The molecule has 4 nitrogen and oxygen atoms in total. The number of rotatable bonds is 2. The molecule has 0 saturated carbocycles. The lowest BCUT2D eigenvalue weighted by molar-refractivity contribution is 0.0979. The molecule has 0 bridgehead atoms. The molecule has 1 aliphatic heterocycles. The lowest BCUT2D eigenvalue weighted by Gasteiger charge is -2.21. The van der Waals surface area contributed by atoms with Gasteiger partial charge in [-0.2, -0.15) is 0 Å². The van der Waals surface area contributed by atoms with E-state index in [0.717, 1.165) is 22.3 Å². The minimum Gasteiger partial charge on any atom is -0.454 e. The highest BCUT2D eigenvalue weighted by molar-refractivity contribution is 6.29. The molecule has 0 fully saturated rings. The van der Waals surface area contributed by atoms with Crippen LogP contribution in [-0.2, 0) is 0 Å². The Morgan fingerprint density at radius 3 is 1.29 bits per heavy atom. The second-order valence-corrected chi connectivity index (χ2v) is 7.58. The molecule has 0 radical (unpaired) electrons. The molecular weight excluding hydrogens is 388 g/mol. The summed E-state index contributed by atoms with van der Waals surface area (Å²) < 4.78 is 10.8. The maximum Gasteiger partial charge on any atom is 0.231 e. The van der Waals surface area contributed by atoms with Crippen LogP contribution in [0.5, 0.6) is 11.5 Å². The molecule has 2 aliphatic rings. The average molecular weight is 404 g/mol. The summed E-state index contributed by atoms with van der Waals surface area (Å²) in [6, 6.07) is 26.7. The molecule has 0 saturated heterocycles. The van der Waals surface area contributed by atoms with Gasteiger partial charge in [0.25, 0.3) is 0 Å². The molecule has 0 spiro atoms. The Labute approximate surface area is 178 Å². The van der Waals surface area contributed by atoms with E-state index in [4.69, 9.17) is 9.47 Å². The minimum absolute atomic E-state index is 0.0872. The summed E-state index contributed by atoms with van der Waals surface area (Å²) in [5.74, 6) is 0.625. The molecule has 148 valence electrons. The molecule has 0 amide bonds. The third kappa shape index (κ3) is 2.69. The van der Waals surface area contributed by atoms with Crippen molar-refractivity contribution in [2.75, 3.05) is 6.79 Å². The van der Waals surface area contributed by atoms with Crippen molar-refractivity contribution in [2.45, 2.75) is 0 Å². The van der Waals surface area contributed by atoms with Gasteiger partial charge < -0.3 is 9.47 Å². The maximum atomic E-state index is 13.4. The fourth-order valence-corrected chi connectivity index (χ4v) is 4.30. The van der Waals surface area contributed by atoms with Crippen LogP contribution in [0, 0.1) is 0 Å². The molecular formula is C27H16O4. The number of fused-ring (bicyclic) bond motifs is 3. The Morgan fingerprint density at radius 1 is 0.484 bits per heavy atom. The molecule has 31 heavy (non-hydrogen) atoms. The standard InChI is InChI=1S/C27H16O4/c28-26-20-11-18(16-7-3-1-4-8-16)19(17-9-5-2-6-10-17)12-21(20)27(29)23-14-25-24(13-22(23)26)30-15-31-25/h1-14H,15H2. The zero-order chi connectivity index (χ0) is 20.9. The Kier molecular flexibility index (Phi) is 3.80. The second kappa shape index (κ2) is 6.67. The van der Waals surface area contributed by atoms with E-state index in [-0.39, 0.29) is 18.4 Å². The van der Waals surface area contributed by atoms with Crippen molar-refractivity contribution < 1.29 is 19.1 Å². The Balaban J connectivity index is 1.61. The lowest BCUT2D eigenvalue weighted by Crippen LogP contribution is -2.21. The highest BCUT2D eigenvalue weighted by Gasteiger charge is 2.33. The maximum absolute atomic E-state index is 13.4. The van der Waals surface area contributed by atoms with E-state index in [1.54, 1.807) is 12.1 Å². The van der Waals surface area contributed by atoms with Crippen molar-refractivity contribution in [3.63, 3.8) is 0 Å². The first-order chi connectivity index (χ1) is 15.2. The van der Waals surface area contributed by atoms with Gasteiger partial charge in [-0.1, -0.05) is 60.7 Å². The molecule has 1 heterocycles. The second-order valence-electron chi connectivity index (χ2n) is 7.58. The van der Waals surface area contributed by atoms with Gasteiger partial charge in [0.2, 0.25) is 6.79 Å². The van der Waals surface area contributed by atoms with Crippen molar-refractivity contribution in [2.24, 2.45) is 0 Å². The van der Waals surface area contributed by atoms with Gasteiger partial charge in [-0.25, -0.2) is 0 Å². The van der Waals surface area contributed by atoms with Gasteiger partial charge in [-0.05, 0) is 46.5 Å². The number of ketones is 2. The van der Waals surface area contributed by atoms with Crippen LogP contribution in [0.15, 0.2) is 84.9 Å². The summed E-state index contributed by atoms with van der Waals surface area (Å²) in [6.07, 6.45) is 0. The fraction of sp³-hybridized carbons (Fsp3) is 0.0370. The topological polar surface area (TPSA) is 52.6 Å². The number of carbonyl (C=O) groups excluding carboxylic acids is 2. The first kappa shape index (κ1) is 17.7. The highest BCUT2D eigenvalue weighted by Crippen LogP contribution is 2.42. The highest BCUT2D eigenvalue weighted by atomic mass is 16.7. The van der Waals surface area contributed by atoms with Crippen molar-refractivity contribution in [3.8, 4) is 33.8 Å². The van der Waals surface area contributed by atoms with Crippen LogP contribution in [0.3, 0.4) is 0 Å². The van der Waals surface area contributed by atoms with Crippen molar-refractivity contribution in [3.05, 3.63) is 107 Å². The Hall–Kier alpha value is -4.18. The van der Waals surface area contributed by atoms with Crippen LogP contribution in [0.25, 0.3) is 22.3 Å². The SMILES string of the molecule is O=C1c2cc3c(cc2C(=O)c2cc(-c4ccccc4)c(-c4ccccc4)cc21)OCO3. The number of carbonyl (C=O) groups is 2. The number of hydrogen-bond donors (Lipinski definition) is 0. The zero-order valence-corrected chi connectivity index (χ0v) is 16.4. The van der Waals surface area contributed by atoms with Gasteiger partial charge in [-0.15, -0.1) is 0 Å². The van der Waals surface area contributed by atoms with Crippen LogP contribution in [0.2, 0.25) is 0 Å². The molecule has 4 aromatic rings. The summed E-state index contributed by atoms with van der Waals surface area (Å²) in [7, 11) is 0. The molecule has 0 aromatic heterocycles. The van der Waals surface area contributed by atoms with Crippen LogP contribution >= 0.6 is 0 Å². The summed E-state index contributed by atoms with van der Waals surface area (Å²) in [5.41, 5.74) is 5.33. The fourth-order valence-electron chi connectivity index (χ4n) is 4.30. The van der Waals surface area contributed by atoms with E-state index in [1.807, 2.05) is 72.8 Å². The number of benzene rings is 4. The molecule has 6 rings (SSSR count). The quantitative estimate of drug-likeness (QED) is 0.388. The largest absolute Gasteiger partial charge is 0.454 e. The summed E-state index contributed by atoms with van der Waals surface area (Å²) in [4.78, 5) is 26.9. The molecule has 4 heteroatoms.